The highest BCUT2D eigenvalue weighted by Gasteiger charge is 2.35. The molecular weight excluding hydrogens is 454 g/mol. The number of ether oxygens (including phenoxy) is 1. The van der Waals surface area contributed by atoms with Crippen molar-refractivity contribution in [1.82, 2.24) is 24.8 Å². The first kappa shape index (κ1) is 26.3. The van der Waals surface area contributed by atoms with Crippen LogP contribution in [0, 0.1) is 11.8 Å². The van der Waals surface area contributed by atoms with E-state index in [-0.39, 0.29) is 17.9 Å². The predicted molar refractivity (Wildman–Crippen MR) is 141 cm³/mol. The monoisotopic (exact) mass is 493 g/mol. The average molecular weight is 494 g/mol. The fourth-order valence-electron chi connectivity index (χ4n) is 5.12. The number of nitrogens with one attached hydrogen (secondary N) is 1. The zero-order chi connectivity index (χ0) is 25.5. The molecule has 1 aliphatic heterocycles. The molecule has 1 saturated heterocycles. The first-order valence-electron chi connectivity index (χ1n) is 13.0. The van der Waals surface area contributed by atoms with Crippen LogP contribution in [0.4, 0.5) is 0 Å². The highest BCUT2D eigenvalue weighted by Crippen LogP contribution is 2.29. The van der Waals surface area contributed by atoms with Crippen molar-refractivity contribution < 1.29 is 14.6 Å². The number of aliphatic hydroxyl groups excluding tert-OH is 1. The topological polar surface area (TPSA) is 92.5 Å². The summed E-state index contributed by atoms with van der Waals surface area (Å²) in [6, 6.07) is 13.5. The third-order valence-electron chi connectivity index (χ3n) is 6.89. The Morgan fingerprint density at radius 1 is 1.19 bits per heavy atom. The molecule has 3 heterocycles. The third kappa shape index (κ3) is 6.11. The second-order valence-corrected chi connectivity index (χ2v) is 10.1. The second kappa shape index (κ2) is 12.4. The number of pyridine rings is 1. The lowest BCUT2D eigenvalue weighted by molar-refractivity contribution is 0.0378. The quantitative estimate of drug-likeness (QED) is 0.396. The van der Waals surface area contributed by atoms with Crippen molar-refractivity contribution in [2.45, 2.75) is 51.8 Å². The van der Waals surface area contributed by atoms with Crippen LogP contribution in [0.5, 0.6) is 0 Å². The Hall–Kier alpha value is -2.81. The molecule has 2 N–H and O–H groups in total. The van der Waals surface area contributed by atoms with Crippen LogP contribution in [0.25, 0.3) is 11.0 Å². The molecule has 0 bridgehead atoms. The molecule has 8 nitrogen and oxygen atoms in total. The Kier molecular flexibility index (Phi) is 9.07. The smallest absolute Gasteiger partial charge is 0.290 e. The lowest BCUT2D eigenvalue weighted by Gasteiger charge is -2.40. The number of nitrogens with zero attached hydrogens (tertiary/aromatic N) is 4. The molecule has 0 radical (unpaired) electrons. The first-order chi connectivity index (χ1) is 17.5. The first-order valence-corrected chi connectivity index (χ1v) is 13.0. The number of benzene rings is 1. The molecule has 3 atom stereocenters. The molecule has 2 aromatic heterocycles. The van der Waals surface area contributed by atoms with Crippen LogP contribution in [-0.2, 0) is 11.3 Å². The molecule has 0 saturated carbocycles. The molecule has 4 rings (SSSR count). The zero-order valence-electron chi connectivity index (χ0n) is 21.6. The lowest BCUT2D eigenvalue weighted by Crippen LogP contribution is -2.53. The van der Waals surface area contributed by atoms with Crippen molar-refractivity contribution in [2.75, 3.05) is 33.4 Å². The van der Waals surface area contributed by atoms with E-state index in [4.69, 9.17) is 9.72 Å². The summed E-state index contributed by atoms with van der Waals surface area (Å²) < 4.78 is 7.28. The summed E-state index contributed by atoms with van der Waals surface area (Å²) in [6.45, 7) is 7.68. The van der Waals surface area contributed by atoms with Gasteiger partial charge >= 0.3 is 0 Å². The van der Waals surface area contributed by atoms with Gasteiger partial charge < -0.3 is 24.6 Å². The molecule has 3 aromatic rings. The number of aryl methyl sites for hydroxylation is 1. The fourth-order valence-corrected chi connectivity index (χ4v) is 5.12. The summed E-state index contributed by atoms with van der Waals surface area (Å²) in [7, 11) is 1.71. The van der Waals surface area contributed by atoms with Gasteiger partial charge in [0.15, 0.2) is 5.82 Å². The van der Waals surface area contributed by atoms with Crippen molar-refractivity contribution >= 4 is 16.9 Å². The summed E-state index contributed by atoms with van der Waals surface area (Å²) in [4.78, 5) is 25.2. The van der Waals surface area contributed by atoms with Gasteiger partial charge in [-0.2, -0.15) is 0 Å². The summed E-state index contributed by atoms with van der Waals surface area (Å²) in [5, 5.41) is 14.5. The highest BCUT2D eigenvalue weighted by molar-refractivity contribution is 5.95. The number of imidazole rings is 1. The number of hydrogen-bond donors (Lipinski definition) is 2. The van der Waals surface area contributed by atoms with E-state index in [0.717, 1.165) is 23.9 Å². The van der Waals surface area contributed by atoms with Gasteiger partial charge in [-0.1, -0.05) is 32.0 Å². The van der Waals surface area contributed by atoms with Crippen molar-refractivity contribution in [1.29, 1.82) is 0 Å². The number of amides is 1. The normalized spacial score (nSPS) is 19.0. The minimum atomic E-state index is -0.678. The Morgan fingerprint density at radius 2 is 2.00 bits per heavy atom. The van der Waals surface area contributed by atoms with E-state index >= 15 is 0 Å². The van der Waals surface area contributed by atoms with Gasteiger partial charge in [0.2, 0.25) is 0 Å². The Morgan fingerprint density at radius 3 is 2.75 bits per heavy atom. The van der Waals surface area contributed by atoms with Gasteiger partial charge in [-0.25, -0.2) is 4.98 Å². The largest absolute Gasteiger partial charge is 0.386 e. The van der Waals surface area contributed by atoms with Gasteiger partial charge in [-0.05, 0) is 49.4 Å². The molecule has 1 aliphatic rings. The van der Waals surface area contributed by atoms with Crippen LogP contribution in [0.1, 0.15) is 55.5 Å². The molecule has 0 spiro atoms. The molecule has 1 aromatic carbocycles. The van der Waals surface area contributed by atoms with Gasteiger partial charge in [0, 0.05) is 58.1 Å². The Bertz CT molecular complexity index is 1120. The number of methoxy groups -OCH3 is 1. The molecule has 0 aliphatic carbocycles. The Labute approximate surface area is 213 Å². The third-order valence-corrected chi connectivity index (χ3v) is 6.89. The van der Waals surface area contributed by atoms with E-state index in [1.807, 2.05) is 47.4 Å². The van der Waals surface area contributed by atoms with E-state index < -0.39 is 6.10 Å². The van der Waals surface area contributed by atoms with Gasteiger partial charge in [-0.3, -0.25) is 9.78 Å². The fraction of sp³-hybridized carbons (Fsp3) is 0.536. The van der Waals surface area contributed by atoms with E-state index in [1.54, 1.807) is 13.3 Å². The maximum Gasteiger partial charge on any atom is 0.290 e. The summed E-state index contributed by atoms with van der Waals surface area (Å²) >= 11 is 0. The van der Waals surface area contributed by atoms with Crippen LogP contribution in [0.2, 0.25) is 0 Å². The van der Waals surface area contributed by atoms with Crippen molar-refractivity contribution in [3.05, 3.63) is 60.2 Å². The zero-order valence-corrected chi connectivity index (χ0v) is 21.6. The average Bonchev–Trinajstić information content (AvgIpc) is 3.28. The molecule has 194 valence electrons. The number of hydrogen-bond acceptors (Lipinski definition) is 6. The predicted octanol–water partition coefficient (Wildman–Crippen LogP) is 3.67. The highest BCUT2D eigenvalue weighted by atomic mass is 16.5. The number of piperidine rings is 1. The summed E-state index contributed by atoms with van der Waals surface area (Å²) in [6.07, 6.45) is 3.56. The van der Waals surface area contributed by atoms with Crippen molar-refractivity contribution in [3.63, 3.8) is 0 Å². The number of rotatable bonds is 11. The van der Waals surface area contributed by atoms with Gasteiger partial charge in [0.25, 0.3) is 5.91 Å². The SMILES string of the molecule is COCCCCn1c(C(=O)N(CC(C)C)[C@@H]2CNCC(C(O)c3ccccn3)C2)nc2ccccc21. The second-order valence-electron chi connectivity index (χ2n) is 10.1. The minimum absolute atomic E-state index is 0.0334. The van der Waals surface area contributed by atoms with E-state index in [9.17, 15) is 9.90 Å². The van der Waals surface area contributed by atoms with Crippen LogP contribution in [0.15, 0.2) is 48.7 Å². The standard InChI is InChI=1S/C28H39N5O3/c1-20(2)19-33(22-16-21(17-29-18-22)26(34)24-11-6-7-13-30-24)28(35)27-31-23-10-4-5-12-25(23)32(27)14-8-9-15-36-3/h4-7,10-13,20-22,26,29,34H,8-9,14-19H2,1-3H3/t21?,22-,26?/m0/s1. The molecular formula is C28H39N5O3. The Balaban J connectivity index is 1.60. The molecule has 2 unspecified atom stereocenters. The lowest BCUT2D eigenvalue weighted by atomic mass is 9.88. The maximum absolute atomic E-state index is 14.1. The number of para-hydroxylation sites is 2. The van der Waals surface area contributed by atoms with Crippen molar-refractivity contribution in [2.24, 2.45) is 11.8 Å². The molecule has 8 heteroatoms. The van der Waals surface area contributed by atoms with Crippen LogP contribution in [-0.4, -0.2) is 69.8 Å². The van der Waals surface area contributed by atoms with Gasteiger partial charge in [0.1, 0.15) is 6.10 Å². The summed E-state index contributed by atoms with van der Waals surface area (Å²) in [5.74, 6) is 0.705. The van der Waals surface area contributed by atoms with E-state index in [1.165, 1.54) is 0 Å². The number of aromatic nitrogens is 3. The molecule has 36 heavy (non-hydrogen) atoms. The molecule has 1 amide bonds. The number of aliphatic hydroxyl groups is 1. The minimum Gasteiger partial charge on any atom is -0.386 e. The number of fused-ring (bicyclic) bond motifs is 1. The number of carbonyl (C=O) groups excluding carboxylic acids is 1. The maximum atomic E-state index is 14.1. The summed E-state index contributed by atoms with van der Waals surface area (Å²) in [5.41, 5.74) is 2.49. The van der Waals surface area contributed by atoms with Crippen LogP contribution in [0.3, 0.4) is 0 Å². The van der Waals surface area contributed by atoms with Crippen LogP contribution >= 0.6 is 0 Å². The van der Waals surface area contributed by atoms with Gasteiger partial charge in [-0.15, -0.1) is 0 Å². The van der Waals surface area contributed by atoms with E-state index in [2.05, 4.69) is 28.7 Å². The van der Waals surface area contributed by atoms with Crippen molar-refractivity contribution in [3.8, 4) is 0 Å². The number of unbranched alkanes of at least 4 members (excludes halogenated alkanes) is 1. The van der Waals surface area contributed by atoms with Crippen LogP contribution < -0.4 is 5.32 Å². The molecule has 1 fully saturated rings. The van der Waals surface area contributed by atoms with Gasteiger partial charge in [0.05, 0.1) is 16.7 Å². The number of carbonyl (C=O) groups is 1. The van der Waals surface area contributed by atoms with E-state index in [0.29, 0.717) is 56.6 Å².